The quantitative estimate of drug-likeness (QED) is 0.783. The second kappa shape index (κ2) is 6.04. The van der Waals surface area contributed by atoms with Gasteiger partial charge in [-0.25, -0.2) is 4.39 Å². The summed E-state index contributed by atoms with van der Waals surface area (Å²) in [4.78, 5) is 16.1. The van der Waals surface area contributed by atoms with Crippen LogP contribution in [0.25, 0.3) is 0 Å². The summed E-state index contributed by atoms with van der Waals surface area (Å²) in [6.45, 7) is 6.92. The highest BCUT2D eigenvalue weighted by molar-refractivity contribution is 5.97. The number of pyridine rings is 1. The van der Waals surface area contributed by atoms with Crippen LogP contribution in [0, 0.1) is 19.7 Å². The van der Waals surface area contributed by atoms with Crippen molar-refractivity contribution in [2.75, 3.05) is 0 Å². The Hall–Kier alpha value is -2.23. The first-order valence-electron chi connectivity index (χ1n) is 6.87. The Morgan fingerprint density at radius 2 is 1.95 bits per heavy atom. The summed E-state index contributed by atoms with van der Waals surface area (Å²) in [5.74, 6) is 0.311. The third kappa shape index (κ3) is 3.27. The van der Waals surface area contributed by atoms with Gasteiger partial charge < -0.3 is 4.74 Å². The molecule has 1 aromatic heterocycles. The molecule has 110 valence electrons. The molecule has 21 heavy (non-hydrogen) atoms. The number of halogens is 1. The Labute approximate surface area is 123 Å². The predicted octanol–water partition coefficient (Wildman–Crippen LogP) is 4.39. The largest absolute Gasteiger partial charge is 0.455 e. The fraction of sp³-hybridized carbons (Fsp3) is 0.294. The molecule has 0 amide bonds. The standard InChI is InChI=1S/C17H18FNO2/c1-5-15-16(7-6-11(3)19-15)21-17-8-10(2)14(18)9-13(17)12(4)20/h6-9H,5H2,1-4H3. The summed E-state index contributed by atoms with van der Waals surface area (Å²) < 4.78 is 19.5. The first kappa shape index (κ1) is 15.2. The van der Waals surface area contributed by atoms with E-state index < -0.39 is 5.82 Å². The SMILES string of the molecule is CCc1nc(C)ccc1Oc1cc(C)c(F)cc1C(C)=O. The lowest BCUT2D eigenvalue weighted by atomic mass is 10.1. The van der Waals surface area contributed by atoms with Gasteiger partial charge in [0, 0.05) is 5.69 Å². The predicted molar refractivity (Wildman–Crippen MR) is 79.6 cm³/mol. The van der Waals surface area contributed by atoms with Crippen molar-refractivity contribution >= 4 is 5.78 Å². The molecule has 0 aliphatic rings. The summed E-state index contributed by atoms with van der Waals surface area (Å²) >= 11 is 0. The van der Waals surface area contributed by atoms with Gasteiger partial charge in [-0.2, -0.15) is 0 Å². The van der Waals surface area contributed by atoms with E-state index in [4.69, 9.17) is 4.74 Å². The smallest absolute Gasteiger partial charge is 0.163 e. The number of nitrogens with zero attached hydrogens (tertiary/aromatic N) is 1. The Bertz CT molecular complexity index is 695. The lowest BCUT2D eigenvalue weighted by molar-refractivity contribution is 0.101. The molecule has 0 N–H and O–H groups in total. The Morgan fingerprint density at radius 3 is 2.57 bits per heavy atom. The van der Waals surface area contributed by atoms with Crippen LogP contribution < -0.4 is 4.74 Å². The number of ketones is 1. The van der Waals surface area contributed by atoms with E-state index in [-0.39, 0.29) is 11.3 Å². The average molecular weight is 287 g/mol. The minimum Gasteiger partial charge on any atom is -0.455 e. The number of aromatic nitrogens is 1. The summed E-state index contributed by atoms with van der Waals surface area (Å²) in [7, 11) is 0. The number of Topliss-reactive ketones (excluding diaryl/α,β-unsaturated/α-hetero) is 1. The molecule has 0 fully saturated rings. The van der Waals surface area contributed by atoms with Gasteiger partial charge in [0.05, 0.1) is 11.3 Å². The van der Waals surface area contributed by atoms with E-state index >= 15 is 0 Å². The van der Waals surface area contributed by atoms with Crippen molar-refractivity contribution in [2.45, 2.75) is 34.1 Å². The third-order valence-electron chi connectivity index (χ3n) is 3.27. The van der Waals surface area contributed by atoms with E-state index in [9.17, 15) is 9.18 Å². The zero-order valence-corrected chi connectivity index (χ0v) is 12.7. The molecule has 0 spiro atoms. The van der Waals surface area contributed by atoms with Gasteiger partial charge in [-0.05, 0) is 57.0 Å². The molecule has 1 aromatic carbocycles. The van der Waals surface area contributed by atoms with Crippen molar-refractivity contribution in [1.82, 2.24) is 4.98 Å². The van der Waals surface area contributed by atoms with Crippen LogP contribution in [-0.2, 0) is 6.42 Å². The molecule has 4 heteroatoms. The first-order valence-corrected chi connectivity index (χ1v) is 6.87. The van der Waals surface area contributed by atoms with E-state index in [2.05, 4.69) is 4.98 Å². The Kier molecular flexibility index (Phi) is 4.36. The van der Waals surface area contributed by atoms with Gasteiger partial charge in [0.2, 0.25) is 0 Å². The van der Waals surface area contributed by atoms with Gasteiger partial charge in [-0.1, -0.05) is 6.92 Å². The normalized spacial score (nSPS) is 10.5. The fourth-order valence-corrected chi connectivity index (χ4v) is 2.08. The highest BCUT2D eigenvalue weighted by atomic mass is 19.1. The van der Waals surface area contributed by atoms with Gasteiger partial charge in [-0.3, -0.25) is 9.78 Å². The third-order valence-corrected chi connectivity index (χ3v) is 3.27. The van der Waals surface area contributed by atoms with Crippen LogP contribution >= 0.6 is 0 Å². The highest BCUT2D eigenvalue weighted by Crippen LogP contribution is 2.30. The van der Waals surface area contributed by atoms with Crippen LogP contribution in [0.4, 0.5) is 4.39 Å². The van der Waals surface area contributed by atoms with Gasteiger partial charge >= 0.3 is 0 Å². The molecule has 2 rings (SSSR count). The molecular formula is C17H18FNO2. The Morgan fingerprint density at radius 1 is 1.24 bits per heavy atom. The molecule has 0 radical (unpaired) electrons. The van der Waals surface area contributed by atoms with E-state index in [0.29, 0.717) is 23.5 Å². The van der Waals surface area contributed by atoms with E-state index in [1.807, 2.05) is 26.0 Å². The molecule has 0 bridgehead atoms. The fourth-order valence-electron chi connectivity index (χ4n) is 2.08. The number of carbonyl (C=O) groups excluding carboxylic acids is 1. The molecule has 0 aliphatic carbocycles. The topological polar surface area (TPSA) is 39.2 Å². The number of carbonyl (C=O) groups is 1. The minimum atomic E-state index is -0.412. The second-order valence-corrected chi connectivity index (χ2v) is 5.01. The summed E-state index contributed by atoms with van der Waals surface area (Å²) in [6.07, 6.45) is 0.715. The van der Waals surface area contributed by atoms with Crippen molar-refractivity contribution in [3.63, 3.8) is 0 Å². The molecule has 0 saturated carbocycles. The number of benzene rings is 1. The van der Waals surface area contributed by atoms with Gasteiger partial charge in [0.1, 0.15) is 17.3 Å². The van der Waals surface area contributed by atoms with Gasteiger partial charge in [0.25, 0.3) is 0 Å². The molecule has 0 saturated heterocycles. The lowest BCUT2D eigenvalue weighted by Gasteiger charge is -2.13. The summed E-state index contributed by atoms with van der Waals surface area (Å²) in [5, 5.41) is 0. The molecular weight excluding hydrogens is 269 g/mol. The minimum absolute atomic E-state index is 0.234. The highest BCUT2D eigenvalue weighted by Gasteiger charge is 2.15. The van der Waals surface area contributed by atoms with Crippen molar-refractivity contribution < 1.29 is 13.9 Å². The van der Waals surface area contributed by atoms with Crippen LogP contribution in [0.1, 0.15) is 41.2 Å². The maximum Gasteiger partial charge on any atom is 0.163 e. The summed E-state index contributed by atoms with van der Waals surface area (Å²) in [5.41, 5.74) is 2.39. The maximum atomic E-state index is 13.6. The van der Waals surface area contributed by atoms with E-state index in [1.165, 1.54) is 13.0 Å². The van der Waals surface area contributed by atoms with Crippen LogP contribution in [0.15, 0.2) is 24.3 Å². The van der Waals surface area contributed by atoms with Gasteiger partial charge in [0.15, 0.2) is 5.78 Å². The van der Waals surface area contributed by atoms with Crippen LogP contribution in [0.2, 0.25) is 0 Å². The van der Waals surface area contributed by atoms with E-state index in [1.54, 1.807) is 13.0 Å². The zero-order chi connectivity index (χ0) is 15.6. The Balaban J connectivity index is 2.48. The molecule has 2 aromatic rings. The van der Waals surface area contributed by atoms with Crippen LogP contribution in [-0.4, -0.2) is 10.8 Å². The first-order chi connectivity index (χ1) is 9.92. The number of ether oxygens (including phenoxy) is 1. The van der Waals surface area contributed by atoms with Crippen molar-refractivity contribution in [3.05, 3.63) is 52.6 Å². The van der Waals surface area contributed by atoms with E-state index in [0.717, 1.165) is 11.4 Å². The number of hydrogen-bond donors (Lipinski definition) is 0. The number of aryl methyl sites for hydroxylation is 3. The zero-order valence-electron chi connectivity index (χ0n) is 12.7. The maximum absolute atomic E-state index is 13.6. The molecule has 0 aliphatic heterocycles. The van der Waals surface area contributed by atoms with Crippen molar-refractivity contribution in [1.29, 1.82) is 0 Å². The summed E-state index contributed by atoms with van der Waals surface area (Å²) in [6, 6.07) is 6.44. The monoisotopic (exact) mass is 287 g/mol. The number of hydrogen-bond acceptors (Lipinski definition) is 3. The van der Waals surface area contributed by atoms with Crippen molar-refractivity contribution in [2.24, 2.45) is 0 Å². The number of rotatable bonds is 4. The molecule has 3 nitrogen and oxygen atoms in total. The lowest BCUT2D eigenvalue weighted by Crippen LogP contribution is -2.02. The molecule has 0 unspecified atom stereocenters. The molecule has 1 heterocycles. The molecule has 0 atom stereocenters. The second-order valence-electron chi connectivity index (χ2n) is 5.01. The van der Waals surface area contributed by atoms with Crippen molar-refractivity contribution in [3.8, 4) is 11.5 Å². The van der Waals surface area contributed by atoms with Crippen LogP contribution in [0.3, 0.4) is 0 Å². The van der Waals surface area contributed by atoms with Gasteiger partial charge in [-0.15, -0.1) is 0 Å². The van der Waals surface area contributed by atoms with Crippen LogP contribution in [0.5, 0.6) is 11.5 Å². The average Bonchev–Trinajstić information content (AvgIpc) is 2.44.